The van der Waals surface area contributed by atoms with Crippen molar-refractivity contribution in [3.63, 3.8) is 0 Å². The predicted octanol–water partition coefficient (Wildman–Crippen LogP) is 0.665. The molecule has 98 valence electrons. The standard InChI is InChI=1S/C12H16N2O4/c1-14(2)10-5-4-8(13)6-9(10)12(16)18-7-11(15)17-3/h4-6H,7,13H2,1-3H3. The van der Waals surface area contributed by atoms with Crippen LogP contribution in [0.5, 0.6) is 0 Å². The number of hydrogen-bond donors (Lipinski definition) is 1. The molecule has 1 aromatic rings. The van der Waals surface area contributed by atoms with E-state index in [1.807, 2.05) is 0 Å². The molecule has 0 aliphatic rings. The maximum atomic E-state index is 11.8. The molecule has 0 fully saturated rings. The average molecular weight is 252 g/mol. The van der Waals surface area contributed by atoms with Crippen LogP contribution in [0.25, 0.3) is 0 Å². The highest BCUT2D eigenvalue weighted by Crippen LogP contribution is 2.22. The first kappa shape index (κ1) is 13.8. The number of hydrogen-bond acceptors (Lipinski definition) is 6. The van der Waals surface area contributed by atoms with E-state index in [0.29, 0.717) is 16.9 Å². The third kappa shape index (κ3) is 3.38. The third-order valence-corrected chi connectivity index (χ3v) is 2.27. The molecule has 0 atom stereocenters. The van der Waals surface area contributed by atoms with Crippen LogP contribution in [0.4, 0.5) is 11.4 Å². The summed E-state index contributed by atoms with van der Waals surface area (Å²) in [5, 5.41) is 0. The normalized spacial score (nSPS) is 9.72. The van der Waals surface area contributed by atoms with Crippen LogP contribution in [0.2, 0.25) is 0 Å². The third-order valence-electron chi connectivity index (χ3n) is 2.27. The number of nitrogens with two attached hydrogens (primary N) is 1. The minimum absolute atomic E-state index is 0.309. The van der Waals surface area contributed by atoms with E-state index >= 15 is 0 Å². The van der Waals surface area contributed by atoms with Gasteiger partial charge in [0.25, 0.3) is 0 Å². The van der Waals surface area contributed by atoms with Gasteiger partial charge in [0.1, 0.15) is 0 Å². The summed E-state index contributed by atoms with van der Waals surface area (Å²) in [6, 6.07) is 4.91. The molecular formula is C12H16N2O4. The van der Waals surface area contributed by atoms with Crippen molar-refractivity contribution in [2.45, 2.75) is 0 Å². The van der Waals surface area contributed by atoms with Crippen molar-refractivity contribution < 1.29 is 19.1 Å². The first-order valence-corrected chi connectivity index (χ1v) is 5.26. The summed E-state index contributed by atoms with van der Waals surface area (Å²) in [6.45, 7) is -0.420. The summed E-state index contributed by atoms with van der Waals surface area (Å²) in [6.07, 6.45) is 0. The van der Waals surface area contributed by atoms with Gasteiger partial charge in [-0.3, -0.25) is 0 Å². The van der Waals surface area contributed by atoms with Crippen molar-refractivity contribution >= 4 is 23.3 Å². The number of esters is 2. The number of carbonyl (C=O) groups is 2. The van der Waals surface area contributed by atoms with E-state index < -0.39 is 18.5 Å². The van der Waals surface area contributed by atoms with Gasteiger partial charge < -0.3 is 20.1 Å². The fourth-order valence-electron chi connectivity index (χ4n) is 1.37. The zero-order valence-corrected chi connectivity index (χ0v) is 10.6. The van der Waals surface area contributed by atoms with Gasteiger partial charge >= 0.3 is 11.9 Å². The monoisotopic (exact) mass is 252 g/mol. The second-order valence-corrected chi connectivity index (χ2v) is 3.82. The Morgan fingerprint density at radius 3 is 2.56 bits per heavy atom. The van der Waals surface area contributed by atoms with Gasteiger partial charge in [0.15, 0.2) is 6.61 Å². The van der Waals surface area contributed by atoms with E-state index in [1.165, 1.54) is 13.2 Å². The Hall–Kier alpha value is -2.24. The summed E-state index contributed by atoms with van der Waals surface area (Å²) >= 11 is 0. The number of ether oxygens (including phenoxy) is 2. The summed E-state index contributed by atoms with van der Waals surface area (Å²) in [5.41, 5.74) is 7.05. The van der Waals surface area contributed by atoms with Crippen LogP contribution in [0.15, 0.2) is 18.2 Å². The summed E-state index contributed by atoms with van der Waals surface area (Å²) in [4.78, 5) is 24.5. The summed E-state index contributed by atoms with van der Waals surface area (Å²) in [5.74, 6) is -1.23. The van der Waals surface area contributed by atoms with Crippen molar-refractivity contribution in [2.24, 2.45) is 0 Å². The molecule has 0 saturated heterocycles. The van der Waals surface area contributed by atoms with Gasteiger partial charge in [-0.2, -0.15) is 0 Å². The lowest BCUT2D eigenvalue weighted by atomic mass is 10.1. The smallest absolute Gasteiger partial charge is 0.344 e. The molecule has 6 heteroatoms. The zero-order valence-electron chi connectivity index (χ0n) is 10.6. The minimum atomic E-state index is -0.614. The molecule has 0 aliphatic carbocycles. The van der Waals surface area contributed by atoms with E-state index in [4.69, 9.17) is 10.5 Å². The molecule has 0 amide bonds. The number of nitrogens with zero attached hydrogens (tertiary/aromatic N) is 1. The Morgan fingerprint density at radius 1 is 1.33 bits per heavy atom. The van der Waals surface area contributed by atoms with Crippen molar-refractivity contribution in [2.75, 3.05) is 38.4 Å². The van der Waals surface area contributed by atoms with Gasteiger partial charge in [-0.25, -0.2) is 9.59 Å². The second kappa shape index (κ2) is 5.90. The van der Waals surface area contributed by atoms with E-state index in [1.54, 1.807) is 31.1 Å². The second-order valence-electron chi connectivity index (χ2n) is 3.82. The Balaban J connectivity index is 2.90. The molecule has 0 heterocycles. The molecule has 0 bridgehead atoms. The molecule has 2 N–H and O–H groups in total. The molecule has 18 heavy (non-hydrogen) atoms. The number of nitrogen functional groups attached to an aromatic ring is 1. The van der Waals surface area contributed by atoms with Gasteiger partial charge in [0.05, 0.1) is 18.4 Å². The molecule has 0 aliphatic heterocycles. The summed E-state index contributed by atoms with van der Waals surface area (Å²) < 4.78 is 9.22. The van der Waals surface area contributed by atoms with Crippen LogP contribution in [-0.4, -0.2) is 39.8 Å². The zero-order chi connectivity index (χ0) is 13.7. The first-order valence-electron chi connectivity index (χ1n) is 5.26. The highest BCUT2D eigenvalue weighted by Gasteiger charge is 2.16. The van der Waals surface area contributed by atoms with E-state index in [2.05, 4.69) is 4.74 Å². The van der Waals surface area contributed by atoms with Crippen molar-refractivity contribution in [1.82, 2.24) is 0 Å². The van der Waals surface area contributed by atoms with Gasteiger partial charge in [-0.15, -0.1) is 0 Å². The van der Waals surface area contributed by atoms with E-state index in [-0.39, 0.29) is 0 Å². The van der Waals surface area contributed by atoms with Crippen LogP contribution >= 0.6 is 0 Å². The SMILES string of the molecule is COC(=O)COC(=O)c1cc(N)ccc1N(C)C. The maximum Gasteiger partial charge on any atom is 0.344 e. The fourth-order valence-corrected chi connectivity index (χ4v) is 1.37. The molecule has 6 nitrogen and oxygen atoms in total. The number of benzene rings is 1. The lowest BCUT2D eigenvalue weighted by Gasteiger charge is -2.16. The van der Waals surface area contributed by atoms with E-state index in [0.717, 1.165) is 0 Å². The van der Waals surface area contributed by atoms with Gasteiger partial charge in [0, 0.05) is 19.8 Å². The quantitative estimate of drug-likeness (QED) is 0.626. The number of anilines is 2. The highest BCUT2D eigenvalue weighted by atomic mass is 16.6. The number of rotatable bonds is 4. The molecule has 0 unspecified atom stereocenters. The van der Waals surface area contributed by atoms with Crippen LogP contribution in [0.3, 0.4) is 0 Å². The van der Waals surface area contributed by atoms with Crippen LogP contribution < -0.4 is 10.6 Å². The molecule has 0 aromatic heterocycles. The highest BCUT2D eigenvalue weighted by molar-refractivity contribution is 5.97. The van der Waals surface area contributed by atoms with Gasteiger partial charge in [-0.1, -0.05) is 0 Å². The largest absolute Gasteiger partial charge is 0.466 e. The Morgan fingerprint density at radius 2 is 2.00 bits per heavy atom. The predicted molar refractivity (Wildman–Crippen MR) is 67.5 cm³/mol. The molecule has 0 radical (unpaired) electrons. The van der Waals surface area contributed by atoms with Crippen LogP contribution in [0.1, 0.15) is 10.4 Å². The lowest BCUT2D eigenvalue weighted by molar-refractivity contribution is -0.144. The lowest BCUT2D eigenvalue weighted by Crippen LogP contribution is -2.19. The molecule has 0 saturated carbocycles. The number of methoxy groups -OCH3 is 1. The summed E-state index contributed by atoms with van der Waals surface area (Å²) in [7, 11) is 4.81. The van der Waals surface area contributed by atoms with Crippen LogP contribution in [0, 0.1) is 0 Å². The fraction of sp³-hybridized carbons (Fsp3) is 0.333. The molecule has 1 aromatic carbocycles. The van der Waals surface area contributed by atoms with Crippen molar-refractivity contribution in [3.8, 4) is 0 Å². The minimum Gasteiger partial charge on any atom is -0.466 e. The Labute approximate surface area is 105 Å². The van der Waals surface area contributed by atoms with Crippen molar-refractivity contribution in [1.29, 1.82) is 0 Å². The molecular weight excluding hydrogens is 236 g/mol. The van der Waals surface area contributed by atoms with Crippen molar-refractivity contribution in [3.05, 3.63) is 23.8 Å². The molecule has 0 spiro atoms. The number of carbonyl (C=O) groups excluding carboxylic acids is 2. The Kier molecular flexibility index (Phi) is 4.53. The Bertz CT molecular complexity index is 457. The van der Waals surface area contributed by atoms with Gasteiger partial charge in [0.2, 0.25) is 0 Å². The molecule has 1 rings (SSSR count). The maximum absolute atomic E-state index is 11.8. The topological polar surface area (TPSA) is 81.9 Å². The van der Waals surface area contributed by atoms with Crippen LogP contribution in [-0.2, 0) is 14.3 Å². The van der Waals surface area contributed by atoms with E-state index in [9.17, 15) is 9.59 Å². The van der Waals surface area contributed by atoms with Gasteiger partial charge in [-0.05, 0) is 18.2 Å². The average Bonchev–Trinajstić information content (AvgIpc) is 2.34. The first-order chi connectivity index (χ1) is 8.45.